The summed E-state index contributed by atoms with van der Waals surface area (Å²) >= 11 is 0. The Hall–Kier alpha value is -3.44. The molecule has 2 atom stereocenters. The molecule has 0 aliphatic carbocycles. The van der Waals surface area contributed by atoms with Crippen molar-refractivity contribution in [3.8, 4) is 0 Å². The lowest BCUT2D eigenvalue weighted by molar-refractivity contribution is -0.152. The van der Waals surface area contributed by atoms with E-state index >= 15 is 0 Å². The highest BCUT2D eigenvalue weighted by atomic mass is 16.5. The van der Waals surface area contributed by atoms with Crippen molar-refractivity contribution in [1.29, 1.82) is 0 Å². The van der Waals surface area contributed by atoms with Gasteiger partial charge in [-0.1, -0.05) is 77.9 Å². The predicted molar refractivity (Wildman–Crippen MR) is 159 cm³/mol. The van der Waals surface area contributed by atoms with Crippen LogP contribution in [0.4, 0.5) is 0 Å². The van der Waals surface area contributed by atoms with Crippen molar-refractivity contribution < 1.29 is 14.3 Å². The van der Waals surface area contributed by atoms with Gasteiger partial charge in [-0.3, -0.25) is 9.59 Å². The van der Waals surface area contributed by atoms with E-state index in [2.05, 4.69) is 66.1 Å². The number of aryl methyl sites for hydroxylation is 2. The van der Waals surface area contributed by atoms with Gasteiger partial charge in [-0.15, -0.1) is 0 Å². The van der Waals surface area contributed by atoms with Gasteiger partial charge < -0.3 is 14.5 Å². The zero-order valence-electron chi connectivity index (χ0n) is 24.1. The average Bonchev–Trinajstić information content (AvgIpc) is 2.97. The second kappa shape index (κ2) is 12.4. The molecule has 0 bridgehead atoms. The Balaban J connectivity index is 1.34. The first kappa shape index (κ1) is 28.1. The largest absolute Gasteiger partial charge is 0.465 e. The van der Waals surface area contributed by atoms with Crippen LogP contribution in [0.5, 0.6) is 0 Å². The van der Waals surface area contributed by atoms with Gasteiger partial charge >= 0.3 is 5.97 Å². The van der Waals surface area contributed by atoms with Gasteiger partial charge in [-0.05, 0) is 89.2 Å². The van der Waals surface area contributed by atoms with Crippen LogP contribution in [0.3, 0.4) is 0 Å². The van der Waals surface area contributed by atoms with Crippen molar-refractivity contribution in [2.24, 2.45) is 0 Å². The summed E-state index contributed by atoms with van der Waals surface area (Å²) in [6.07, 6.45) is 4.23. The van der Waals surface area contributed by atoms with Crippen LogP contribution in [0, 0.1) is 13.8 Å². The van der Waals surface area contributed by atoms with Crippen LogP contribution in [0.2, 0.25) is 0 Å². The minimum atomic E-state index is -0.586. The zero-order valence-corrected chi connectivity index (χ0v) is 24.1. The van der Waals surface area contributed by atoms with E-state index in [1.807, 2.05) is 43.3 Å². The SMILES string of the molecule is CCOC(=O)C1(c2ccccc2)CCN([C@H]2CCN(C(=O)c3cc(C)cc(C)c3)[C@@H](Cc3ccccc3)C2)CC1. The molecule has 5 nitrogen and oxygen atoms in total. The second-order valence-electron chi connectivity index (χ2n) is 11.6. The van der Waals surface area contributed by atoms with Gasteiger partial charge in [-0.25, -0.2) is 0 Å². The molecule has 2 aliphatic rings. The van der Waals surface area contributed by atoms with Gasteiger partial charge in [0.05, 0.1) is 12.0 Å². The van der Waals surface area contributed by atoms with Crippen LogP contribution < -0.4 is 0 Å². The fraction of sp³-hybridized carbons (Fsp3) is 0.429. The molecule has 2 aliphatic heterocycles. The standard InChI is InChI=1S/C35H42N2O3/c1-4-40-34(39)35(30-13-9-6-10-14-30)16-19-36(20-17-35)31-15-18-37(32(25-31)24-28-11-7-5-8-12-28)33(38)29-22-26(2)21-27(3)23-29/h5-14,21-23,31-32H,4,15-20,24-25H2,1-3H3/t31-,32-/m0/s1. The van der Waals surface area contributed by atoms with Crippen LogP contribution in [-0.4, -0.2) is 60.0 Å². The second-order valence-corrected chi connectivity index (χ2v) is 11.6. The molecule has 40 heavy (non-hydrogen) atoms. The van der Waals surface area contributed by atoms with Crippen LogP contribution >= 0.6 is 0 Å². The number of piperidine rings is 2. The molecule has 0 unspecified atom stereocenters. The lowest BCUT2D eigenvalue weighted by Crippen LogP contribution is -2.56. The van der Waals surface area contributed by atoms with Gasteiger partial charge in [0.2, 0.25) is 0 Å². The third-order valence-corrected chi connectivity index (χ3v) is 8.89. The molecule has 0 aromatic heterocycles. The highest BCUT2D eigenvalue weighted by molar-refractivity contribution is 5.95. The summed E-state index contributed by atoms with van der Waals surface area (Å²) < 4.78 is 5.60. The first-order chi connectivity index (χ1) is 19.4. The van der Waals surface area contributed by atoms with E-state index in [9.17, 15) is 9.59 Å². The Labute approximate surface area is 239 Å². The third-order valence-electron chi connectivity index (χ3n) is 8.89. The number of hydrogen-bond acceptors (Lipinski definition) is 4. The number of benzene rings is 3. The number of ether oxygens (including phenoxy) is 1. The molecule has 0 saturated carbocycles. The smallest absolute Gasteiger partial charge is 0.316 e. The van der Waals surface area contributed by atoms with E-state index in [0.29, 0.717) is 12.6 Å². The van der Waals surface area contributed by atoms with Crippen molar-refractivity contribution in [3.63, 3.8) is 0 Å². The van der Waals surface area contributed by atoms with Crippen molar-refractivity contribution >= 4 is 11.9 Å². The molecule has 2 heterocycles. The highest BCUT2D eigenvalue weighted by Gasteiger charge is 2.46. The van der Waals surface area contributed by atoms with Gasteiger partial charge in [-0.2, -0.15) is 0 Å². The Morgan fingerprint density at radius 3 is 2.12 bits per heavy atom. The molecule has 3 aromatic carbocycles. The van der Waals surface area contributed by atoms with E-state index in [0.717, 1.165) is 74.0 Å². The van der Waals surface area contributed by atoms with Crippen LogP contribution in [-0.2, 0) is 21.4 Å². The summed E-state index contributed by atoms with van der Waals surface area (Å²) in [4.78, 5) is 31.8. The molecular formula is C35H42N2O3. The van der Waals surface area contributed by atoms with Crippen molar-refractivity contribution in [2.45, 2.75) is 70.4 Å². The Bertz CT molecular complexity index is 1280. The molecule has 0 N–H and O–H groups in total. The van der Waals surface area contributed by atoms with Gasteiger partial charge in [0.25, 0.3) is 5.91 Å². The van der Waals surface area contributed by atoms with Crippen LogP contribution in [0.1, 0.15) is 65.2 Å². The number of rotatable bonds is 7. The number of likely N-dealkylation sites (tertiary alicyclic amines) is 2. The van der Waals surface area contributed by atoms with Crippen molar-refractivity contribution in [2.75, 3.05) is 26.2 Å². The minimum Gasteiger partial charge on any atom is -0.465 e. The van der Waals surface area contributed by atoms with Crippen LogP contribution in [0.15, 0.2) is 78.9 Å². The number of carbonyl (C=O) groups excluding carboxylic acids is 2. The molecule has 0 spiro atoms. The topological polar surface area (TPSA) is 49.9 Å². The Morgan fingerprint density at radius 1 is 0.875 bits per heavy atom. The minimum absolute atomic E-state index is 0.100. The Morgan fingerprint density at radius 2 is 1.50 bits per heavy atom. The lowest BCUT2D eigenvalue weighted by Gasteiger charge is -2.47. The monoisotopic (exact) mass is 538 g/mol. The quantitative estimate of drug-likeness (QED) is 0.340. The van der Waals surface area contributed by atoms with E-state index in [1.54, 1.807) is 0 Å². The van der Waals surface area contributed by atoms with E-state index < -0.39 is 5.41 Å². The fourth-order valence-electron chi connectivity index (χ4n) is 6.88. The summed E-state index contributed by atoms with van der Waals surface area (Å²) in [5, 5.41) is 0. The normalized spacial score (nSPS) is 21.1. The highest BCUT2D eigenvalue weighted by Crippen LogP contribution is 2.39. The molecule has 5 heteroatoms. The van der Waals surface area contributed by atoms with Gasteiger partial charge in [0, 0.05) is 24.2 Å². The maximum absolute atomic E-state index is 13.8. The van der Waals surface area contributed by atoms with E-state index in [4.69, 9.17) is 4.74 Å². The summed E-state index contributed by atoms with van der Waals surface area (Å²) in [6, 6.07) is 27.4. The molecule has 210 valence electrons. The van der Waals surface area contributed by atoms with Gasteiger partial charge in [0.15, 0.2) is 0 Å². The maximum atomic E-state index is 13.8. The number of esters is 1. The predicted octanol–water partition coefficient (Wildman–Crippen LogP) is 6.12. The molecule has 2 fully saturated rings. The lowest BCUT2D eigenvalue weighted by atomic mass is 9.72. The van der Waals surface area contributed by atoms with Crippen molar-refractivity contribution in [3.05, 3.63) is 107 Å². The first-order valence-electron chi connectivity index (χ1n) is 14.8. The summed E-state index contributed by atoms with van der Waals surface area (Å²) in [5.41, 5.74) is 4.76. The summed E-state index contributed by atoms with van der Waals surface area (Å²) in [6.45, 7) is 8.82. The summed E-state index contributed by atoms with van der Waals surface area (Å²) in [7, 11) is 0. The molecule has 5 rings (SSSR count). The first-order valence-corrected chi connectivity index (χ1v) is 14.8. The fourth-order valence-corrected chi connectivity index (χ4v) is 6.88. The third kappa shape index (κ3) is 6.00. The zero-order chi connectivity index (χ0) is 28.1. The van der Waals surface area contributed by atoms with E-state index in [1.165, 1.54) is 5.56 Å². The number of amides is 1. The number of hydrogen-bond donors (Lipinski definition) is 0. The molecule has 2 saturated heterocycles. The average molecular weight is 539 g/mol. The Kier molecular flexibility index (Phi) is 8.70. The molecular weight excluding hydrogens is 496 g/mol. The number of nitrogens with zero attached hydrogens (tertiary/aromatic N) is 2. The number of carbonyl (C=O) groups is 2. The van der Waals surface area contributed by atoms with E-state index in [-0.39, 0.29) is 17.9 Å². The molecule has 3 aromatic rings. The van der Waals surface area contributed by atoms with Gasteiger partial charge in [0.1, 0.15) is 0 Å². The molecule has 0 radical (unpaired) electrons. The maximum Gasteiger partial charge on any atom is 0.316 e. The molecule has 1 amide bonds. The van der Waals surface area contributed by atoms with Crippen molar-refractivity contribution in [1.82, 2.24) is 9.80 Å². The van der Waals surface area contributed by atoms with Crippen LogP contribution in [0.25, 0.3) is 0 Å². The summed E-state index contributed by atoms with van der Waals surface area (Å²) in [5.74, 6) is 0.0342.